The van der Waals surface area contributed by atoms with Crippen LogP contribution in [-0.2, 0) is 18.4 Å². The van der Waals surface area contributed by atoms with Crippen LogP contribution in [-0.4, -0.2) is 22.3 Å². The summed E-state index contributed by atoms with van der Waals surface area (Å²) < 4.78 is 7.15. The van der Waals surface area contributed by atoms with Gasteiger partial charge in [-0.15, -0.1) is 0 Å². The van der Waals surface area contributed by atoms with E-state index in [0.29, 0.717) is 24.7 Å². The summed E-state index contributed by atoms with van der Waals surface area (Å²) in [6, 6.07) is 0. The van der Waals surface area contributed by atoms with E-state index in [-0.39, 0.29) is 5.91 Å². The average molecular weight is 240 g/mol. The maximum Gasteiger partial charge on any atom is 0.268 e. The highest BCUT2D eigenvalue weighted by molar-refractivity contribution is 5.94. The molecule has 3 N–H and O–H groups in total. The third kappa shape index (κ3) is 3.83. The highest BCUT2D eigenvalue weighted by Gasteiger charge is 2.14. The number of nitrogens with two attached hydrogens (primary N) is 1. The number of nitrogen functional groups attached to an aromatic ring is 1. The Kier molecular flexibility index (Phi) is 5.11. The van der Waals surface area contributed by atoms with Crippen LogP contribution in [0.25, 0.3) is 0 Å². The number of nitrogens with one attached hydrogen (secondary N) is 1. The fourth-order valence-corrected chi connectivity index (χ4v) is 1.39. The minimum absolute atomic E-state index is 0.347. The Hall–Kier alpha value is -1.40. The van der Waals surface area contributed by atoms with Gasteiger partial charge in [0.1, 0.15) is 0 Å². The summed E-state index contributed by atoms with van der Waals surface area (Å²) in [5, 5.41) is 4.02. The Balaban J connectivity index is 2.57. The summed E-state index contributed by atoms with van der Waals surface area (Å²) in [5.41, 5.74) is 3.29. The second-order valence-corrected chi connectivity index (χ2v) is 4.34. The van der Waals surface area contributed by atoms with Gasteiger partial charge in [0.15, 0.2) is 0 Å². The molecule has 0 unspecified atom stereocenters. The van der Waals surface area contributed by atoms with Crippen LogP contribution in [0.2, 0.25) is 0 Å². The lowest BCUT2D eigenvalue weighted by atomic mass is 10.1. The highest BCUT2D eigenvalue weighted by Crippen LogP contribution is 2.09. The molecule has 0 aliphatic heterocycles. The van der Waals surface area contributed by atoms with E-state index in [4.69, 9.17) is 10.6 Å². The van der Waals surface area contributed by atoms with E-state index in [0.717, 1.165) is 12.1 Å². The summed E-state index contributed by atoms with van der Waals surface area (Å²) in [6.07, 6.45) is 2.49. The van der Waals surface area contributed by atoms with Crippen LogP contribution in [0, 0.1) is 5.92 Å². The standard InChI is InChI=1S/C11H20N4O2/c1-8(2)4-5-17-7-10-9(11(16)14-12)6-13-15(10)3/h6,8H,4-5,7,12H2,1-3H3,(H,14,16). The van der Waals surface area contributed by atoms with Crippen molar-refractivity contribution in [3.05, 3.63) is 17.5 Å². The van der Waals surface area contributed by atoms with Crippen molar-refractivity contribution in [3.63, 3.8) is 0 Å². The van der Waals surface area contributed by atoms with Gasteiger partial charge in [0.2, 0.25) is 0 Å². The molecule has 0 atom stereocenters. The molecule has 1 heterocycles. The molecule has 0 aliphatic carbocycles. The number of hydrogen-bond donors (Lipinski definition) is 2. The normalized spacial score (nSPS) is 10.9. The quantitative estimate of drug-likeness (QED) is 0.330. The molecule has 0 spiro atoms. The highest BCUT2D eigenvalue weighted by atomic mass is 16.5. The first-order valence-corrected chi connectivity index (χ1v) is 5.65. The molecule has 1 aromatic rings. The number of amides is 1. The second-order valence-electron chi connectivity index (χ2n) is 4.34. The summed E-state index contributed by atoms with van der Waals surface area (Å²) in [4.78, 5) is 11.4. The first-order chi connectivity index (χ1) is 8.06. The minimum Gasteiger partial charge on any atom is -0.375 e. The number of ether oxygens (including phenoxy) is 1. The molecule has 1 amide bonds. The van der Waals surface area contributed by atoms with Crippen LogP contribution in [0.15, 0.2) is 6.20 Å². The van der Waals surface area contributed by atoms with Crippen LogP contribution >= 0.6 is 0 Å². The van der Waals surface area contributed by atoms with Crippen molar-refractivity contribution in [2.75, 3.05) is 6.61 Å². The van der Waals surface area contributed by atoms with Crippen LogP contribution < -0.4 is 11.3 Å². The minimum atomic E-state index is -0.347. The maximum absolute atomic E-state index is 11.4. The van der Waals surface area contributed by atoms with Gasteiger partial charge in [0.05, 0.1) is 24.1 Å². The number of carbonyl (C=O) groups is 1. The van der Waals surface area contributed by atoms with E-state index >= 15 is 0 Å². The van der Waals surface area contributed by atoms with Gasteiger partial charge in [-0.2, -0.15) is 5.10 Å². The fraction of sp³-hybridized carbons (Fsp3) is 0.636. The predicted molar refractivity (Wildman–Crippen MR) is 64.0 cm³/mol. The molecule has 17 heavy (non-hydrogen) atoms. The van der Waals surface area contributed by atoms with Crippen molar-refractivity contribution in [3.8, 4) is 0 Å². The van der Waals surface area contributed by atoms with E-state index < -0.39 is 0 Å². The van der Waals surface area contributed by atoms with Gasteiger partial charge in [0, 0.05) is 13.7 Å². The Morgan fingerprint density at radius 3 is 2.94 bits per heavy atom. The molecule has 96 valence electrons. The van der Waals surface area contributed by atoms with E-state index in [1.165, 1.54) is 6.20 Å². The Morgan fingerprint density at radius 2 is 2.35 bits per heavy atom. The zero-order chi connectivity index (χ0) is 12.8. The van der Waals surface area contributed by atoms with Crippen LogP contribution in [0.3, 0.4) is 0 Å². The lowest BCUT2D eigenvalue weighted by molar-refractivity contribution is 0.0924. The van der Waals surface area contributed by atoms with Crippen LogP contribution in [0.1, 0.15) is 36.3 Å². The van der Waals surface area contributed by atoms with Crippen molar-refractivity contribution < 1.29 is 9.53 Å². The zero-order valence-electron chi connectivity index (χ0n) is 10.6. The average Bonchev–Trinajstić information content (AvgIpc) is 2.65. The van der Waals surface area contributed by atoms with Crippen molar-refractivity contribution >= 4 is 5.91 Å². The second kappa shape index (κ2) is 6.36. The van der Waals surface area contributed by atoms with Gasteiger partial charge in [0.25, 0.3) is 5.91 Å². The van der Waals surface area contributed by atoms with Crippen molar-refractivity contribution in [1.29, 1.82) is 0 Å². The number of rotatable bonds is 6. The molecule has 0 aromatic carbocycles. The lowest BCUT2D eigenvalue weighted by Gasteiger charge is -2.08. The molecule has 6 nitrogen and oxygen atoms in total. The Morgan fingerprint density at radius 1 is 1.65 bits per heavy atom. The van der Waals surface area contributed by atoms with Gasteiger partial charge < -0.3 is 4.74 Å². The number of hydrogen-bond acceptors (Lipinski definition) is 4. The lowest BCUT2D eigenvalue weighted by Crippen LogP contribution is -2.30. The molecule has 0 saturated heterocycles. The Bertz CT molecular complexity index is 374. The van der Waals surface area contributed by atoms with Gasteiger partial charge >= 0.3 is 0 Å². The SMILES string of the molecule is CC(C)CCOCc1c(C(=O)NN)cnn1C. The number of hydrazine groups is 1. The van der Waals surface area contributed by atoms with E-state index in [1.807, 2.05) is 0 Å². The number of aryl methyl sites for hydroxylation is 1. The van der Waals surface area contributed by atoms with E-state index in [1.54, 1.807) is 11.7 Å². The molecule has 1 aromatic heterocycles. The molecule has 0 bridgehead atoms. The summed E-state index contributed by atoms with van der Waals surface area (Å²) in [5.74, 6) is 5.36. The molecule has 0 radical (unpaired) electrons. The monoisotopic (exact) mass is 240 g/mol. The molecular formula is C11H20N4O2. The maximum atomic E-state index is 11.4. The smallest absolute Gasteiger partial charge is 0.268 e. The van der Waals surface area contributed by atoms with Crippen molar-refractivity contribution in [1.82, 2.24) is 15.2 Å². The van der Waals surface area contributed by atoms with Crippen LogP contribution in [0.5, 0.6) is 0 Å². The number of carbonyl (C=O) groups excluding carboxylic acids is 1. The molecular weight excluding hydrogens is 220 g/mol. The zero-order valence-corrected chi connectivity index (χ0v) is 10.6. The van der Waals surface area contributed by atoms with E-state index in [9.17, 15) is 4.79 Å². The molecule has 1 rings (SSSR count). The summed E-state index contributed by atoms with van der Waals surface area (Å²) in [7, 11) is 1.77. The van der Waals surface area contributed by atoms with Crippen molar-refractivity contribution in [2.45, 2.75) is 26.9 Å². The largest absolute Gasteiger partial charge is 0.375 e. The predicted octanol–water partition coefficient (Wildman–Crippen LogP) is 0.586. The van der Waals surface area contributed by atoms with Gasteiger partial charge in [-0.1, -0.05) is 13.8 Å². The molecule has 6 heteroatoms. The topological polar surface area (TPSA) is 82.2 Å². The Labute approximate surface area is 101 Å². The van der Waals surface area contributed by atoms with Crippen LogP contribution in [0.4, 0.5) is 0 Å². The summed E-state index contributed by atoms with van der Waals surface area (Å²) in [6.45, 7) is 5.32. The number of nitrogens with zero attached hydrogens (tertiary/aromatic N) is 2. The molecule has 0 fully saturated rings. The van der Waals surface area contributed by atoms with E-state index in [2.05, 4.69) is 24.4 Å². The van der Waals surface area contributed by atoms with Gasteiger partial charge in [-0.3, -0.25) is 14.9 Å². The van der Waals surface area contributed by atoms with Crippen molar-refractivity contribution in [2.24, 2.45) is 18.8 Å². The first-order valence-electron chi connectivity index (χ1n) is 5.65. The molecule has 0 aliphatic rings. The first kappa shape index (κ1) is 13.7. The summed E-state index contributed by atoms with van der Waals surface area (Å²) >= 11 is 0. The fourth-order valence-electron chi connectivity index (χ4n) is 1.39. The third-order valence-corrected chi connectivity index (χ3v) is 2.52. The van der Waals surface area contributed by atoms with Gasteiger partial charge in [-0.25, -0.2) is 5.84 Å². The third-order valence-electron chi connectivity index (χ3n) is 2.52. The number of aromatic nitrogens is 2. The van der Waals surface area contributed by atoms with Gasteiger partial charge in [-0.05, 0) is 12.3 Å². The molecule has 0 saturated carbocycles.